The van der Waals surface area contributed by atoms with Crippen LogP contribution >= 0.6 is 0 Å². The number of nitrogens with one attached hydrogen (secondary N) is 1. The van der Waals surface area contributed by atoms with Crippen molar-refractivity contribution in [3.05, 3.63) is 23.8 Å². The molecule has 3 aliphatic heterocycles. The summed E-state index contributed by atoms with van der Waals surface area (Å²) >= 11 is 0. The van der Waals surface area contributed by atoms with E-state index < -0.39 is 6.29 Å². The van der Waals surface area contributed by atoms with Crippen LogP contribution in [-0.2, 0) is 0 Å². The van der Waals surface area contributed by atoms with Crippen LogP contribution < -0.4 is 20.5 Å². The summed E-state index contributed by atoms with van der Waals surface area (Å²) in [6.07, 6.45) is 5.29. The first-order valence-corrected chi connectivity index (χ1v) is 11.1. The Bertz CT molecular complexity index is 799. The Morgan fingerprint density at radius 3 is 2.43 bits per heavy atom. The van der Waals surface area contributed by atoms with Crippen LogP contribution in [0, 0.1) is 5.92 Å². The normalized spacial score (nSPS) is 34.7. The Morgan fingerprint density at radius 1 is 1.07 bits per heavy atom. The second kappa shape index (κ2) is 7.64. The van der Waals surface area contributed by atoms with Crippen LogP contribution in [0.1, 0.15) is 61.7 Å². The van der Waals surface area contributed by atoms with Crippen molar-refractivity contribution < 1.29 is 23.0 Å². The van der Waals surface area contributed by atoms with Gasteiger partial charge in [0.25, 0.3) is 5.91 Å². The Hall–Kier alpha value is -1.93. The predicted octanol–water partition coefficient (Wildman–Crippen LogP) is 3.25. The van der Waals surface area contributed by atoms with E-state index in [9.17, 15) is 13.6 Å². The number of carbonyl (C=O) groups is 1. The lowest BCUT2D eigenvalue weighted by Gasteiger charge is -2.41. The van der Waals surface area contributed by atoms with Gasteiger partial charge < -0.3 is 20.5 Å². The zero-order valence-electron chi connectivity index (χ0n) is 17.0. The summed E-state index contributed by atoms with van der Waals surface area (Å²) in [6, 6.07) is 5.69. The number of hydrogen-bond donors (Lipinski definition) is 2. The number of fused-ring (bicyclic) bond motifs is 3. The number of nitrogens with two attached hydrogens (primary N) is 1. The highest BCUT2D eigenvalue weighted by Crippen LogP contribution is 2.41. The maximum atomic E-state index is 13.2. The van der Waals surface area contributed by atoms with E-state index in [2.05, 4.69) is 19.7 Å². The highest BCUT2D eigenvalue weighted by atomic mass is 19.3. The SMILES string of the molecule is N[C@H]1CC[C@H](CN2[C@@H]3CC[C@H]2C[C@@H](NC(=O)c2ccc4c(c2)OC(F)(F)O4)C3)CC1. The smallest absolute Gasteiger partial charge is 0.395 e. The number of halogens is 2. The van der Waals surface area contributed by atoms with Crippen molar-refractivity contribution >= 4 is 5.91 Å². The van der Waals surface area contributed by atoms with E-state index in [1.54, 1.807) is 0 Å². The maximum absolute atomic E-state index is 13.2. The third-order valence-corrected chi connectivity index (χ3v) is 7.24. The topological polar surface area (TPSA) is 76.8 Å². The lowest BCUT2D eigenvalue weighted by atomic mass is 9.85. The van der Waals surface area contributed by atoms with Gasteiger partial charge in [-0.2, -0.15) is 0 Å². The zero-order valence-corrected chi connectivity index (χ0v) is 17.0. The number of piperidine rings is 1. The standard InChI is InChI=1S/C22H29F2N3O3/c23-22(24)29-19-8-3-14(9-20(19)30-22)21(28)26-16-10-17-6-7-18(11-16)27(17)12-13-1-4-15(25)5-2-13/h3,8-9,13,15-18H,1-2,4-7,10-12,25H2,(H,26,28)/t13-,15-,16-,17+,18-. The molecule has 1 aromatic carbocycles. The molecule has 3 atom stereocenters. The van der Waals surface area contributed by atoms with Gasteiger partial charge in [-0.15, -0.1) is 8.78 Å². The molecule has 6 nitrogen and oxygen atoms in total. The van der Waals surface area contributed by atoms with Gasteiger partial charge in [0, 0.05) is 36.3 Å². The molecule has 3 N–H and O–H groups in total. The maximum Gasteiger partial charge on any atom is 0.586 e. The van der Waals surface area contributed by atoms with E-state index in [4.69, 9.17) is 5.73 Å². The molecule has 164 valence electrons. The Morgan fingerprint density at radius 2 is 1.73 bits per heavy atom. The van der Waals surface area contributed by atoms with E-state index in [-0.39, 0.29) is 23.4 Å². The van der Waals surface area contributed by atoms with Crippen LogP contribution in [0.3, 0.4) is 0 Å². The minimum absolute atomic E-state index is 0.0495. The minimum atomic E-state index is -3.67. The highest BCUT2D eigenvalue weighted by molar-refractivity contribution is 5.95. The van der Waals surface area contributed by atoms with E-state index in [1.165, 1.54) is 43.9 Å². The minimum Gasteiger partial charge on any atom is -0.395 e. The number of rotatable bonds is 4. The summed E-state index contributed by atoms with van der Waals surface area (Å²) in [7, 11) is 0. The van der Waals surface area contributed by atoms with Crippen molar-refractivity contribution in [2.75, 3.05) is 6.54 Å². The monoisotopic (exact) mass is 421 g/mol. The van der Waals surface area contributed by atoms with Crippen molar-refractivity contribution in [1.82, 2.24) is 10.2 Å². The van der Waals surface area contributed by atoms with E-state index in [1.807, 2.05) is 0 Å². The molecule has 2 saturated heterocycles. The molecule has 4 aliphatic rings. The second-order valence-corrected chi connectivity index (χ2v) is 9.33. The van der Waals surface area contributed by atoms with Gasteiger partial charge in [0.05, 0.1) is 0 Å². The van der Waals surface area contributed by atoms with E-state index in [0.29, 0.717) is 23.7 Å². The van der Waals surface area contributed by atoms with Gasteiger partial charge in [-0.3, -0.25) is 9.69 Å². The van der Waals surface area contributed by atoms with Gasteiger partial charge in [-0.25, -0.2) is 0 Å². The van der Waals surface area contributed by atoms with Crippen LogP contribution in [0.2, 0.25) is 0 Å². The predicted molar refractivity (Wildman–Crippen MR) is 107 cm³/mol. The molecule has 3 heterocycles. The lowest BCUT2D eigenvalue weighted by Crippen LogP contribution is -2.51. The van der Waals surface area contributed by atoms with Crippen LogP contribution in [0.5, 0.6) is 11.5 Å². The Kier molecular flexibility index (Phi) is 5.09. The van der Waals surface area contributed by atoms with Crippen molar-refractivity contribution in [3.8, 4) is 11.5 Å². The number of amides is 1. The van der Waals surface area contributed by atoms with Gasteiger partial charge >= 0.3 is 6.29 Å². The molecule has 2 bridgehead atoms. The van der Waals surface area contributed by atoms with Gasteiger partial charge in [0.1, 0.15) is 0 Å². The van der Waals surface area contributed by atoms with Crippen molar-refractivity contribution in [1.29, 1.82) is 0 Å². The average molecular weight is 421 g/mol. The summed E-state index contributed by atoms with van der Waals surface area (Å²) in [5.74, 6) is 0.336. The molecule has 1 saturated carbocycles. The summed E-state index contributed by atoms with van der Waals surface area (Å²) in [5.41, 5.74) is 6.36. The summed E-state index contributed by atoms with van der Waals surface area (Å²) in [6.45, 7) is 1.15. The number of nitrogens with zero attached hydrogens (tertiary/aromatic N) is 1. The van der Waals surface area contributed by atoms with Crippen molar-refractivity contribution in [2.24, 2.45) is 11.7 Å². The molecule has 5 rings (SSSR count). The van der Waals surface area contributed by atoms with Crippen molar-refractivity contribution in [3.63, 3.8) is 0 Å². The van der Waals surface area contributed by atoms with Gasteiger partial charge in [-0.05, 0) is 75.5 Å². The molecule has 8 heteroatoms. The molecule has 0 aromatic heterocycles. The Balaban J connectivity index is 1.18. The molecule has 1 aromatic rings. The molecule has 3 fully saturated rings. The van der Waals surface area contributed by atoms with E-state index in [0.717, 1.165) is 38.1 Å². The molecule has 1 aliphatic carbocycles. The Labute approximate surface area is 175 Å². The number of alkyl halides is 2. The van der Waals surface area contributed by atoms with Crippen LogP contribution in [0.15, 0.2) is 18.2 Å². The zero-order chi connectivity index (χ0) is 20.9. The number of ether oxygens (including phenoxy) is 2. The molecular weight excluding hydrogens is 392 g/mol. The quantitative estimate of drug-likeness (QED) is 0.781. The van der Waals surface area contributed by atoms with Crippen molar-refractivity contribution in [2.45, 2.75) is 81.8 Å². The van der Waals surface area contributed by atoms with Gasteiger partial charge in [0.2, 0.25) is 0 Å². The molecule has 0 spiro atoms. The average Bonchev–Trinajstić information content (AvgIpc) is 3.12. The fraction of sp³-hybridized carbons (Fsp3) is 0.682. The first-order chi connectivity index (χ1) is 14.4. The summed E-state index contributed by atoms with van der Waals surface area (Å²) in [5, 5.41) is 3.11. The fourth-order valence-corrected chi connectivity index (χ4v) is 5.72. The molecule has 1 amide bonds. The third kappa shape index (κ3) is 3.99. The second-order valence-electron chi connectivity index (χ2n) is 9.33. The highest BCUT2D eigenvalue weighted by Gasteiger charge is 2.44. The summed E-state index contributed by atoms with van der Waals surface area (Å²) in [4.78, 5) is 15.4. The van der Waals surface area contributed by atoms with Gasteiger partial charge in [0.15, 0.2) is 11.5 Å². The van der Waals surface area contributed by atoms with Gasteiger partial charge in [-0.1, -0.05) is 0 Å². The summed E-state index contributed by atoms with van der Waals surface area (Å²) < 4.78 is 35.3. The molecule has 0 unspecified atom stereocenters. The van der Waals surface area contributed by atoms with Crippen LogP contribution in [0.25, 0.3) is 0 Å². The van der Waals surface area contributed by atoms with E-state index >= 15 is 0 Å². The third-order valence-electron chi connectivity index (χ3n) is 7.24. The number of carbonyl (C=O) groups excluding carboxylic acids is 1. The first-order valence-electron chi connectivity index (χ1n) is 11.1. The van der Waals surface area contributed by atoms with Crippen LogP contribution in [0.4, 0.5) is 8.78 Å². The first kappa shape index (κ1) is 20.0. The number of hydrogen-bond acceptors (Lipinski definition) is 5. The lowest BCUT2D eigenvalue weighted by molar-refractivity contribution is -0.286. The number of benzene rings is 1. The largest absolute Gasteiger partial charge is 0.586 e. The van der Waals surface area contributed by atoms with Crippen LogP contribution in [-0.4, -0.2) is 47.8 Å². The molecule has 0 radical (unpaired) electrons. The fourth-order valence-electron chi connectivity index (χ4n) is 5.72. The molecule has 30 heavy (non-hydrogen) atoms. The molecular formula is C22H29F2N3O3.